The zero-order valence-corrected chi connectivity index (χ0v) is 12.6. The third-order valence-electron chi connectivity index (χ3n) is 4.50. The van der Waals surface area contributed by atoms with Gasteiger partial charge in [0.15, 0.2) is 0 Å². The molecule has 1 heterocycles. The van der Waals surface area contributed by atoms with Crippen LogP contribution >= 0.6 is 0 Å². The van der Waals surface area contributed by atoms with Crippen LogP contribution < -0.4 is 0 Å². The molecule has 2 aliphatic rings. The molecule has 1 aliphatic heterocycles. The minimum atomic E-state index is -0.275. The summed E-state index contributed by atoms with van der Waals surface area (Å²) in [6.07, 6.45) is 2.16. The highest BCUT2D eigenvalue weighted by atomic mass is 19.1. The largest absolute Gasteiger partial charge is 0.377 e. The first kappa shape index (κ1) is 14.5. The zero-order chi connectivity index (χ0) is 15.0. The fourth-order valence-corrected chi connectivity index (χ4v) is 3.15. The molecule has 0 aromatic heterocycles. The van der Waals surface area contributed by atoms with Gasteiger partial charge < -0.3 is 9.64 Å². The Hall–Kier alpha value is -1.42. The highest BCUT2D eigenvalue weighted by Crippen LogP contribution is 2.44. The van der Waals surface area contributed by atoms with Crippen molar-refractivity contribution in [3.8, 4) is 0 Å². The van der Waals surface area contributed by atoms with Crippen molar-refractivity contribution in [2.75, 3.05) is 19.8 Å². The molecular weight excluding hydrogens is 269 g/mol. The van der Waals surface area contributed by atoms with Gasteiger partial charge in [0.1, 0.15) is 5.82 Å². The second kappa shape index (κ2) is 5.41. The second-order valence-electron chi connectivity index (χ2n) is 6.72. The maximum absolute atomic E-state index is 13.1. The first-order valence-electron chi connectivity index (χ1n) is 7.64. The third kappa shape index (κ3) is 2.95. The molecule has 1 saturated heterocycles. The van der Waals surface area contributed by atoms with Crippen molar-refractivity contribution in [2.24, 2.45) is 5.92 Å². The second-order valence-corrected chi connectivity index (χ2v) is 6.72. The Labute approximate surface area is 125 Å². The van der Waals surface area contributed by atoms with Gasteiger partial charge in [0.05, 0.1) is 24.7 Å². The lowest BCUT2D eigenvalue weighted by Gasteiger charge is -2.43. The van der Waals surface area contributed by atoms with E-state index in [1.807, 2.05) is 18.7 Å². The fourth-order valence-electron chi connectivity index (χ4n) is 3.15. The van der Waals surface area contributed by atoms with Crippen LogP contribution in [0.1, 0.15) is 38.2 Å². The van der Waals surface area contributed by atoms with E-state index < -0.39 is 0 Å². The Morgan fingerprint density at radius 1 is 1.33 bits per heavy atom. The lowest BCUT2D eigenvalue weighted by atomic mass is 9.90. The van der Waals surface area contributed by atoms with Crippen LogP contribution in [0.3, 0.4) is 0 Å². The molecule has 1 amide bonds. The van der Waals surface area contributed by atoms with Crippen LogP contribution in [0.2, 0.25) is 0 Å². The number of ether oxygens (including phenoxy) is 1. The Bertz CT molecular complexity index is 522. The third-order valence-corrected chi connectivity index (χ3v) is 4.50. The molecule has 3 rings (SSSR count). The van der Waals surface area contributed by atoms with Gasteiger partial charge in [-0.05, 0) is 50.3 Å². The number of nitrogens with zero attached hydrogens (tertiary/aromatic N) is 1. The van der Waals surface area contributed by atoms with Gasteiger partial charge in [-0.3, -0.25) is 4.79 Å². The lowest BCUT2D eigenvalue weighted by Crippen LogP contribution is -2.56. The number of morpholine rings is 1. The summed E-state index contributed by atoms with van der Waals surface area (Å²) in [6, 6.07) is 6.40. The highest BCUT2D eigenvalue weighted by molar-refractivity contribution is 5.85. The van der Waals surface area contributed by atoms with E-state index >= 15 is 0 Å². The van der Waals surface area contributed by atoms with Gasteiger partial charge in [-0.25, -0.2) is 4.39 Å². The summed E-state index contributed by atoms with van der Waals surface area (Å²) in [5.74, 6) is 0.175. The summed E-state index contributed by atoms with van der Waals surface area (Å²) in [5, 5.41) is 0. The maximum Gasteiger partial charge on any atom is 0.230 e. The number of amides is 1. The number of hydrogen-bond acceptors (Lipinski definition) is 2. The molecular formula is C17H22FNO2. The van der Waals surface area contributed by atoms with Gasteiger partial charge >= 0.3 is 0 Å². The SMILES string of the molecule is CC1(C)COCCN1C(=O)C(c1ccc(F)cc1)C1CC1. The molecule has 2 fully saturated rings. The van der Waals surface area contributed by atoms with Crippen LogP contribution in [0.25, 0.3) is 0 Å². The van der Waals surface area contributed by atoms with Crippen molar-refractivity contribution < 1.29 is 13.9 Å². The first-order chi connectivity index (χ1) is 9.99. The van der Waals surface area contributed by atoms with Crippen molar-refractivity contribution >= 4 is 5.91 Å². The highest BCUT2D eigenvalue weighted by Gasteiger charge is 2.43. The van der Waals surface area contributed by atoms with E-state index in [1.54, 1.807) is 12.1 Å². The number of benzene rings is 1. The number of hydrogen-bond donors (Lipinski definition) is 0. The standard InChI is InChI=1S/C17H22FNO2/c1-17(2)11-21-10-9-19(17)16(20)15(12-3-4-12)13-5-7-14(18)8-6-13/h5-8,12,15H,3-4,9-11H2,1-2H3. The molecule has 1 unspecified atom stereocenters. The zero-order valence-electron chi connectivity index (χ0n) is 12.6. The Kier molecular flexibility index (Phi) is 3.74. The topological polar surface area (TPSA) is 29.5 Å². The van der Waals surface area contributed by atoms with Crippen LogP contribution in [-0.4, -0.2) is 36.1 Å². The average molecular weight is 291 g/mol. The van der Waals surface area contributed by atoms with Gasteiger partial charge in [-0.2, -0.15) is 0 Å². The molecule has 114 valence electrons. The van der Waals surface area contributed by atoms with E-state index in [-0.39, 0.29) is 23.2 Å². The quantitative estimate of drug-likeness (QED) is 0.857. The monoisotopic (exact) mass is 291 g/mol. The Morgan fingerprint density at radius 2 is 2.00 bits per heavy atom. The predicted molar refractivity (Wildman–Crippen MR) is 78.5 cm³/mol. The van der Waals surface area contributed by atoms with E-state index in [0.717, 1.165) is 18.4 Å². The summed E-state index contributed by atoms with van der Waals surface area (Å²) in [5.41, 5.74) is 0.661. The van der Waals surface area contributed by atoms with Gasteiger partial charge in [0, 0.05) is 6.54 Å². The summed E-state index contributed by atoms with van der Waals surface area (Å²) in [6.45, 7) is 5.88. The summed E-state index contributed by atoms with van der Waals surface area (Å²) in [7, 11) is 0. The number of carbonyl (C=O) groups is 1. The van der Waals surface area contributed by atoms with E-state index in [1.165, 1.54) is 12.1 Å². The van der Waals surface area contributed by atoms with Gasteiger partial charge in [0.2, 0.25) is 5.91 Å². The van der Waals surface area contributed by atoms with Crippen LogP contribution in [0, 0.1) is 11.7 Å². The van der Waals surface area contributed by atoms with Crippen molar-refractivity contribution in [3.05, 3.63) is 35.6 Å². The molecule has 1 atom stereocenters. The minimum Gasteiger partial charge on any atom is -0.377 e. The van der Waals surface area contributed by atoms with Gasteiger partial charge in [0.25, 0.3) is 0 Å². The Morgan fingerprint density at radius 3 is 2.57 bits per heavy atom. The molecule has 1 aromatic rings. The predicted octanol–water partition coefficient (Wildman–Crippen LogP) is 2.96. The minimum absolute atomic E-state index is 0.136. The molecule has 4 heteroatoms. The van der Waals surface area contributed by atoms with Crippen molar-refractivity contribution in [2.45, 2.75) is 38.1 Å². The van der Waals surface area contributed by atoms with Crippen molar-refractivity contribution in [1.29, 1.82) is 0 Å². The summed E-state index contributed by atoms with van der Waals surface area (Å²) < 4.78 is 18.6. The average Bonchev–Trinajstić information content (AvgIpc) is 3.25. The Balaban J connectivity index is 1.87. The lowest BCUT2D eigenvalue weighted by molar-refractivity contribution is -0.148. The summed E-state index contributed by atoms with van der Waals surface area (Å²) in [4.78, 5) is 15.0. The summed E-state index contributed by atoms with van der Waals surface area (Å²) >= 11 is 0. The van der Waals surface area contributed by atoms with E-state index in [9.17, 15) is 9.18 Å². The molecule has 1 aliphatic carbocycles. The maximum atomic E-state index is 13.1. The number of rotatable bonds is 3. The fraction of sp³-hybridized carbons (Fsp3) is 0.588. The molecule has 3 nitrogen and oxygen atoms in total. The van der Waals surface area contributed by atoms with Gasteiger partial charge in [-0.1, -0.05) is 12.1 Å². The first-order valence-corrected chi connectivity index (χ1v) is 7.64. The smallest absolute Gasteiger partial charge is 0.230 e. The van der Waals surface area contributed by atoms with E-state index in [0.29, 0.717) is 25.7 Å². The molecule has 1 saturated carbocycles. The van der Waals surface area contributed by atoms with Crippen LogP contribution in [0.15, 0.2) is 24.3 Å². The molecule has 1 aromatic carbocycles. The van der Waals surface area contributed by atoms with Crippen LogP contribution in [-0.2, 0) is 9.53 Å². The van der Waals surface area contributed by atoms with Crippen LogP contribution in [0.4, 0.5) is 4.39 Å². The van der Waals surface area contributed by atoms with Crippen LogP contribution in [0.5, 0.6) is 0 Å². The van der Waals surface area contributed by atoms with E-state index in [4.69, 9.17) is 4.74 Å². The molecule has 0 N–H and O–H groups in total. The number of halogens is 1. The van der Waals surface area contributed by atoms with Crippen molar-refractivity contribution in [3.63, 3.8) is 0 Å². The molecule has 21 heavy (non-hydrogen) atoms. The molecule has 0 radical (unpaired) electrons. The van der Waals surface area contributed by atoms with Crippen molar-refractivity contribution in [1.82, 2.24) is 4.90 Å². The number of carbonyl (C=O) groups excluding carboxylic acids is 1. The molecule has 0 spiro atoms. The van der Waals surface area contributed by atoms with E-state index in [2.05, 4.69) is 0 Å². The normalized spacial score (nSPS) is 22.9. The van der Waals surface area contributed by atoms with Gasteiger partial charge in [-0.15, -0.1) is 0 Å². The molecule has 0 bridgehead atoms.